The first-order valence-electron chi connectivity index (χ1n) is 6.04. The van der Waals surface area contributed by atoms with Gasteiger partial charge in [0.2, 0.25) is 0 Å². The van der Waals surface area contributed by atoms with E-state index in [1.54, 1.807) is 55.5 Å². The molecule has 1 atom stereocenters. The minimum atomic E-state index is -0.668. The minimum absolute atomic E-state index is 0.508. The Bertz CT molecular complexity index is 581. The van der Waals surface area contributed by atoms with E-state index in [1.165, 1.54) is 0 Å². The number of carbonyl (C=O) groups excluding carboxylic acids is 1. The number of benzene rings is 2. The van der Waals surface area contributed by atoms with Gasteiger partial charge in [-0.2, -0.15) is 0 Å². The minimum Gasteiger partial charge on any atom is -0.481 e. The number of hydrogen-bond acceptors (Lipinski definition) is 3. The number of halogens is 1. The van der Waals surface area contributed by atoms with Crippen molar-refractivity contribution in [2.75, 3.05) is 0 Å². The quantitative estimate of drug-likeness (QED) is 0.918. The van der Waals surface area contributed by atoms with Crippen LogP contribution in [0.25, 0.3) is 0 Å². The van der Waals surface area contributed by atoms with E-state index in [4.69, 9.17) is 26.8 Å². The molecule has 0 bridgehead atoms. The third-order valence-corrected chi connectivity index (χ3v) is 2.84. The third-order valence-electron chi connectivity index (χ3n) is 2.59. The summed E-state index contributed by atoms with van der Waals surface area (Å²) in [6.45, 7) is 1.60. The molecule has 0 heterocycles. The van der Waals surface area contributed by atoms with Crippen LogP contribution in [0.15, 0.2) is 48.5 Å². The molecule has 104 valence electrons. The standard InChI is InChI=1S/C15H14ClNO3/c1-10(15(17)18)19-12-6-8-14(9-7-12)20-13-4-2-11(16)3-5-13/h2-10H,1H3,(H2,17,18). The molecular weight excluding hydrogens is 278 g/mol. The fraction of sp³-hybridized carbons (Fsp3) is 0.133. The second kappa shape index (κ2) is 6.30. The summed E-state index contributed by atoms with van der Waals surface area (Å²) in [4.78, 5) is 10.9. The van der Waals surface area contributed by atoms with Gasteiger partial charge in [0.25, 0.3) is 5.91 Å². The monoisotopic (exact) mass is 291 g/mol. The van der Waals surface area contributed by atoms with Crippen molar-refractivity contribution in [3.05, 3.63) is 53.6 Å². The molecular formula is C15H14ClNO3. The highest BCUT2D eigenvalue weighted by atomic mass is 35.5. The molecule has 4 nitrogen and oxygen atoms in total. The predicted molar refractivity (Wildman–Crippen MR) is 77.3 cm³/mol. The molecule has 0 aromatic heterocycles. The highest BCUT2D eigenvalue weighted by Gasteiger charge is 2.09. The van der Waals surface area contributed by atoms with Crippen LogP contribution in [0.5, 0.6) is 17.2 Å². The molecule has 0 saturated heterocycles. The number of hydrogen-bond donors (Lipinski definition) is 1. The van der Waals surface area contributed by atoms with Gasteiger partial charge < -0.3 is 15.2 Å². The van der Waals surface area contributed by atoms with Crippen molar-refractivity contribution in [3.63, 3.8) is 0 Å². The van der Waals surface area contributed by atoms with Crippen LogP contribution in [0.4, 0.5) is 0 Å². The van der Waals surface area contributed by atoms with Crippen LogP contribution < -0.4 is 15.2 Å². The summed E-state index contributed by atoms with van der Waals surface area (Å²) in [5.74, 6) is 1.39. The van der Waals surface area contributed by atoms with Crippen molar-refractivity contribution in [3.8, 4) is 17.2 Å². The molecule has 0 fully saturated rings. The Morgan fingerprint density at radius 2 is 1.45 bits per heavy atom. The molecule has 0 aliphatic carbocycles. The lowest BCUT2D eigenvalue weighted by Crippen LogP contribution is -2.30. The highest BCUT2D eigenvalue weighted by Crippen LogP contribution is 2.25. The fourth-order valence-electron chi connectivity index (χ4n) is 1.49. The van der Waals surface area contributed by atoms with E-state index < -0.39 is 12.0 Å². The van der Waals surface area contributed by atoms with E-state index >= 15 is 0 Å². The van der Waals surface area contributed by atoms with Gasteiger partial charge in [0.05, 0.1) is 0 Å². The fourth-order valence-corrected chi connectivity index (χ4v) is 1.61. The van der Waals surface area contributed by atoms with Crippen LogP contribution >= 0.6 is 11.6 Å². The van der Waals surface area contributed by atoms with Gasteiger partial charge in [-0.25, -0.2) is 0 Å². The summed E-state index contributed by atoms with van der Waals surface area (Å²) in [5.41, 5.74) is 5.13. The molecule has 0 saturated carbocycles. The zero-order valence-corrected chi connectivity index (χ0v) is 11.6. The number of amides is 1. The van der Waals surface area contributed by atoms with Gasteiger partial charge >= 0.3 is 0 Å². The van der Waals surface area contributed by atoms with Crippen molar-refractivity contribution in [2.24, 2.45) is 5.73 Å². The largest absolute Gasteiger partial charge is 0.481 e. The maximum Gasteiger partial charge on any atom is 0.258 e. The predicted octanol–water partition coefficient (Wildman–Crippen LogP) is 3.38. The first-order valence-corrected chi connectivity index (χ1v) is 6.42. The molecule has 0 aliphatic heterocycles. The molecule has 2 rings (SSSR count). The summed E-state index contributed by atoms with van der Waals surface area (Å²) < 4.78 is 11.0. The normalized spacial score (nSPS) is 11.7. The van der Waals surface area contributed by atoms with E-state index in [2.05, 4.69) is 0 Å². The molecule has 2 N–H and O–H groups in total. The van der Waals surface area contributed by atoms with Crippen LogP contribution in [0.3, 0.4) is 0 Å². The molecule has 0 radical (unpaired) electrons. The number of ether oxygens (including phenoxy) is 2. The molecule has 2 aromatic rings. The smallest absolute Gasteiger partial charge is 0.258 e. The zero-order chi connectivity index (χ0) is 14.5. The Morgan fingerprint density at radius 1 is 1.00 bits per heavy atom. The Morgan fingerprint density at radius 3 is 1.95 bits per heavy atom. The molecule has 5 heteroatoms. The van der Waals surface area contributed by atoms with Crippen LogP contribution in [0.1, 0.15) is 6.92 Å². The second-order valence-corrected chi connectivity index (χ2v) is 4.63. The van der Waals surface area contributed by atoms with Crippen LogP contribution in [-0.4, -0.2) is 12.0 Å². The number of rotatable bonds is 5. The van der Waals surface area contributed by atoms with Crippen LogP contribution in [0.2, 0.25) is 5.02 Å². The summed E-state index contributed by atoms with van der Waals surface area (Å²) in [6, 6.07) is 14.0. The average molecular weight is 292 g/mol. The Labute approximate surface area is 122 Å². The van der Waals surface area contributed by atoms with Gasteiger partial charge in [0.1, 0.15) is 17.2 Å². The van der Waals surface area contributed by atoms with Gasteiger partial charge in [0.15, 0.2) is 6.10 Å². The zero-order valence-electron chi connectivity index (χ0n) is 10.9. The van der Waals surface area contributed by atoms with Gasteiger partial charge in [-0.15, -0.1) is 0 Å². The molecule has 20 heavy (non-hydrogen) atoms. The maximum atomic E-state index is 10.9. The van der Waals surface area contributed by atoms with Crippen molar-refractivity contribution in [1.29, 1.82) is 0 Å². The lowest BCUT2D eigenvalue weighted by atomic mass is 10.3. The summed E-state index contributed by atoms with van der Waals surface area (Å²) >= 11 is 5.80. The Hall–Kier alpha value is -2.20. The van der Waals surface area contributed by atoms with Crippen molar-refractivity contribution in [1.82, 2.24) is 0 Å². The summed E-state index contributed by atoms with van der Waals surface area (Å²) in [5, 5.41) is 0.654. The Balaban J connectivity index is 2.01. The lowest BCUT2D eigenvalue weighted by Gasteiger charge is -2.11. The first-order chi connectivity index (χ1) is 9.54. The third kappa shape index (κ3) is 3.90. The SMILES string of the molecule is CC(Oc1ccc(Oc2ccc(Cl)cc2)cc1)C(N)=O. The van der Waals surface area contributed by atoms with E-state index in [0.29, 0.717) is 22.3 Å². The Kier molecular flexibility index (Phi) is 4.48. The van der Waals surface area contributed by atoms with Gasteiger partial charge in [0, 0.05) is 5.02 Å². The van der Waals surface area contributed by atoms with Gasteiger partial charge in [-0.1, -0.05) is 11.6 Å². The second-order valence-electron chi connectivity index (χ2n) is 4.19. The molecule has 2 aromatic carbocycles. The number of carbonyl (C=O) groups is 1. The van der Waals surface area contributed by atoms with Crippen molar-refractivity contribution >= 4 is 17.5 Å². The maximum absolute atomic E-state index is 10.9. The molecule has 1 amide bonds. The number of nitrogens with two attached hydrogens (primary N) is 1. The summed E-state index contributed by atoms with van der Waals surface area (Å²) in [6.07, 6.45) is -0.668. The van der Waals surface area contributed by atoms with Gasteiger partial charge in [-0.3, -0.25) is 4.79 Å². The van der Waals surface area contributed by atoms with E-state index in [1.807, 2.05) is 0 Å². The van der Waals surface area contributed by atoms with Crippen LogP contribution in [-0.2, 0) is 4.79 Å². The highest BCUT2D eigenvalue weighted by molar-refractivity contribution is 6.30. The number of primary amides is 1. The van der Waals surface area contributed by atoms with Crippen molar-refractivity contribution in [2.45, 2.75) is 13.0 Å². The van der Waals surface area contributed by atoms with Crippen LogP contribution in [0, 0.1) is 0 Å². The average Bonchev–Trinajstić information content (AvgIpc) is 2.43. The lowest BCUT2D eigenvalue weighted by molar-refractivity contribution is -0.123. The topological polar surface area (TPSA) is 61.6 Å². The molecule has 0 aliphatic rings. The van der Waals surface area contributed by atoms with Crippen molar-refractivity contribution < 1.29 is 14.3 Å². The molecule has 0 spiro atoms. The summed E-state index contributed by atoms with van der Waals surface area (Å²) in [7, 11) is 0. The molecule has 1 unspecified atom stereocenters. The first kappa shape index (κ1) is 14.2. The van der Waals surface area contributed by atoms with E-state index in [9.17, 15) is 4.79 Å². The van der Waals surface area contributed by atoms with E-state index in [-0.39, 0.29) is 0 Å². The van der Waals surface area contributed by atoms with E-state index in [0.717, 1.165) is 0 Å². The van der Waals surface area contributed by atoms with Gasteiger partial charge in [-0.05, 0) is 55.5 Å².